The van der Waals surface area contributed by atoms with Crippen LogP contribution < -0.4 is 5.32 Å². The Balaban J connectivity index is 1.97. The third-order valence-corrected chi connectivity index (χ3v) is 4.19. The lowest BCUT2D eigenvalue weighted by atomic mass is 9.94. The molecule has 3 aliphatic rings. The summed E-state index contributed by atoms with van der Waals surface area (Å²) < 4.78 is 0. The molecule has 88 valence electrons. The van der Waals surface area contributed by atoms with Crippen LogP contribution in [-0.2, 0) is 0 Å². The van der Waals surface area contributed by atoms with Crippen molar-refractivity contribution in [2.24, 2.45) is 0 Å². The first-order valence-corrected chi connectivity index (χ1v) is 5.94. The number of amides is 2. The number of rotatable bonds is 1. The molecule has 16 heavy (non-hydrogen) atoms. The van der Waals surface area contributed by atoms with Crippen molar-refractivity contribution in [1.29, 1.82) is 5.41 Å². The van der Waals surface area contributed by atoms with Crippen LogP contribution in [0.1, 0.15) is 26.2 Å². The van der Waals surface area contributed by atoms with Crippen LogP contribution in [0.4, 0.5) is 4.79 Å². The third-order valence-electron chi connectivity index (χ3n) is 4.19. The van der Waals surface area contributed by atoms with Gasteiger partial charge in [0.05, 0.1) is 0 Å². The highest BCUT2D eigenvalue weighted by Gasteiger charge is 2.58. The first kappa shape index (κ1) is 10.1. The Kier molecular flexibility index (Phi) is 1.87. The van der Waals surface area contributed by atoms with Crippen molar-refractivity contribution in [3.05, 3.63) is 0 Å². The average Bonchev–Trinajstić information content (AvgIpc) is 2.92. The summed E-state index contributed by atoms with van der Waals surface area (Å²) in [6.45, 7) is 2.96. The Labute approximate surface area is 95.3 Å². The molecule has 0 bridgehead atoms. The Bertz CT molecular complexity index is 353. The van der Waals surface area contributed by atoms with Crippen molar-refractivity contribution in [3.8, 4) is 0 Å². The van der Waals surface area contributed by atoms with Gasteiger partial charge in [-0.15, -0.1) is 0 Å². The van der Waals surface area contributed by atoms with Crippen LogP contribution in [0.25, 0.3) is 0 Å². The molecule has 1 saturated carbocycles. The van der Waals surface area contributed by atoms with Gasteiger partial charge in [0, 0.05) is 18.6 Å². The highest BCUT2D eigenvalue weighted by atomic mass is 16.2. The molecule has 2 atom stereocenters. The van der Waals surface area contributed by atoms with Crippen LogP contribution in [0.15, 0.2) is 0 Å². The zero-order valence-corrected chi connectivity index (χ0v) is 9.79. The van der Waals surface area contributed by atoms with Crippen LogP contribution in [0, 0.1) is 5.41 Å². The van der Waals surface area contributed by atoms with Crippen LogP contribution in [0.2, 0.25) is 0 Å². The van der Waals surface area contributed by atoms with E-state index in [4.69, 9.17) is 5.41 Å². The van der Waals surface area contributed by atoms with E-state index in [1.165, 1.54) is 0 Å². The van der Waals surface area contributed by atoms with E-state index in [0.717, 1.165) is 25.8 Å². The van der Waals surface area contributed by atoms with E-state index in [0.29, 0.717) is 17.9 Å². The fourth-order valence-corrected chi connectivity index (χ4v) is 3.08. The van der Waals surface area contributed by atoms with Crippen LogP contribution in [0.3, 0.4) is 0 Å². The van der Waals surface area contributed by atoms with Gasteiger partial charge >= 0.3 is 6.03 Å². The second-order valence-corrected chi connectivity index (χ2v) is 5.41. The Morgan fingerprint density at radius 1 is 1.50 bits per heavy atom. The van der Waals surface area contributed by atoms with Crippen molar-refractivity contribution < 1.29 is 4.79 Å². The lowest BCUT2D eigenvalue weighted by Gasteiger charge is -2.32. The van der Waals surface area contributed by atoms with Crippen molar-refractivity contribution >= 4 is 11.9 Å². The van der Waals surface area contributed by atoms with Gasteiger partial charge in [-0.3, -0.25) is 10.7 Å². The van der Waals surface area contributed by atoms with Gasteiger partial charge in [-0.2, -0.15) is 0 Å². The summed E-state index contributed by atoms with van der Waals surface area (Å²) in [5, 5.41) is 10.8. The van der Waals surface area contributed by atoms with Gasteiger partial charge in [-0.05, 0) is 33.2 Å². The van der Waals surface area contributed by atoms with Gasteiger partial charge < -0.3 is 9.80 Å². The number of amidine groups is 1. The molecule has 1 aliphatic carbocycles. The zero-order chi connectivity index (χ0) is 11.5. The summed E-state index contributed by atoms with van der Waals surface area (Å²) in [7, 11) is 2.07. The molecule has 3 rings (SSSR count). The molecule has 2 unspecified atom stereocenters. The second kappa shape index (κ2) is 2.97. The summed E-state index contributed by atoms with van der Waals surface area (Å²) in [5.41, 5.74) is -0.355. The number of likely N-dealkylation sites (tertiary alicyclic amines) is 1. The molecule has 5 heteroatoms. The molecule has 2 saturated heterocycles. The summed E-state index contributed by atoms with van der Waals surface area (Å²) in [6.07, 6.45) is 3.08. The molecule has 2 aliphatic heterocycles. The van der Waals surface area contributed by atoms with Gasteiger partial charge in [-0.25, -0.2) is 4.79 Å². The molecule has 0 aromatic rings. The number of hydrogen-bond acceptors (Lipinski definition) is 3. The van der Waals surface area contributed by atoms with E-state index in [1.807, 2.05) is 4.90 Å². The zero-order valence-electron chi connectivity index (χ0n) is 9.79. The third kappa shape index (κ3) is 1.15. The molecule has 3 fully saturated rings. The summed E-state index contributed by atoms with van der Waals surface area (Å²) >= 11 is 0. The largest absolute Gasteiger partial charge is 0.323 e. The van der Waals surface area contributed by atoms with E-state index in [9.17, 15) is 4.79 Å². The van der Waals surface area contributed by atoms with Gasteiger partial charge in [0.1, 0.15) is 11.4 Å². The maximum absolute atomic E-state index is 11.9. The first-order chi connectivity index (χ1) is 7.54. The highest BCUT2D eigenvalue weighted by molar-refractivity contribution is 6.09. The minimum atomic E-state index is -0.355. The average molecular weight is 222 g/mol. The molecule has 0 aromatic carbocycles. The highest BCUT2D eigenvalue weighted by Crippen LogP contribution is 2.42. The van der Waals surface area contributed by atoms with E-state index < -0.39 is 0 Å². The van der Waals surface area contributed by atoms with E-state index in [1.54, 1.807) is 0 Å². The Morgan fingerprint density at radius 2 is 2.19 bits per heavy atom. The van der Waals surface area contributed by atoms with E-state index in [-0.39, 0.29) is 11.6 Å². The van der Waals surface area contributed by atoms with Gasteiger partial charge in [0.2, 0.25) is 0 Å². The second-order valence-electron chi connectivity index (χ2n) is 5.41. The first-order valence-electron chi connectivity index (χ1n) is 5.94. The maximum Gasteiger partial charge on any atom is 0.323 e. The smallest absolute Gasteiger partial charge is 0.307 e. The van der Waals surface area contributed by atoms with Crippen molar-refractivity contribution in [2.45, 2.75) is 43.8 Å². The quantitative estimate of drug-likeness (QED) is 0.683. The molecule has 2 heterocycles. The van der Waals surface area contributed by atoms with Gasteiger partial charge in [-0.1, -0.05) is 0 Å². The molecular weight excluding hydrogens is 204 g/mol. The molecule has 5 nitrogen and oxygen atoms in total. The summed E-state index contributed by atoms with van der Waals surface area (Å²) in [4.78, 5) is 16.1. The summed E-state index contributed by atoms with van der Waals surface area (Å²) in [5.74, 6) is 0.403. The van der Waals surface area contributed by atoms with Crippen molar-refractivity contribution in [1.82, 2.24) is 15.1 Å². The molecule has 0 radical (unpaired) electrons. The number of urea groups is 1. The molecule has 0 aromatic heterocycles. The van der Waals surface area contributed by atoms with Gasteiger partial charge in [0.25, 0.3) is 0 Å². The minimum absolute atomic E-state index is 0.0602. The molecular formula is C11H18N4O. The number of nitrogens with one attached hydrogen (secondary N) is 2. The standard InChI is InChI=1S/C11H18N4O/c1-7-5-11(6-14(7)2)9(12)13-10(16)15(11)8-3-4-8/h7-8H,3-6H2,1-2H3,(H2,12,13,16). The number of hydrogen-bond donors (Lipinski definition) is 2. The van der Waals surface area contributed by atoms with E-state index >= 15 is 0 Å². The minimum Gasteiger partial charge on any atom is -0.307 e. The lowest BCUT2D eigenvalue weighted by molar-refractivity contribution is 0.169. The summed E-state index contributed by atoms with van der Waals surface area (Å²) in [6, 6.07) is 0.755. The topological polar surface area (TPSA) is 59.4 Å². The normalized spacial score (nSPS) is 39.9. The molecule has 1 spiro atoms. The predicted molar refractivity (Wildman–Crippen MR) is 60.6 cm³/mol. The van der Waals surface area contributed by atoms with E-state index in [2.05, 4.69) is 24.2 Å². The monoisotopic (exact) mass is 222 g/mol. The lowest BCUT2D eigenvalue weighted by Crippen LogP contribution is -2.52. The molecule has 2 N–H and O–H groups in total. The SMILES string of the molecule is CC1CC2(CN1C)C(=N)NC(=O)N2C1CC1. The number of nitrogens with zero attached hydrogens (tertiary/aromatic N) is 2. The number of carbonyl (C=O) groups is 1. The van der Waals surface area contributed by atoms with Gasteiger partial charge in [0.15, 0.2) is 0 Å². The number of likely N-dealkylation sites (N-methyl/N-ethyl adjacent to an activating group) is 1. The Morgan fingerprint density at radius 3 is 2.69 bits per heavy atom. The fraction of sp³-hybridized carbons (Fsp3) is 0.818. The predicted octanol–water partition coefficient (Wildman–Crippen LogP) is 0.614. The fourth-order valence-electron chi connectivity index (χ4n) is 3.08. The van der Waals surface area contributed by atoms with Crippen molar-refractivity contribution in [2.75, 3.05) is 13.6 Å². The molecule has 2 amide bonds. The van der Waals surface area contributed by atoms with Crippen LogP contribution >= 0.6 is 0 Å². The Hall–Kier alpha value is -1.10. The van der Waals surface area contributed by atoms with Crippen LogP contribution in [0.5, 0.6) is 0 Å². The number of carbonyl (C=O) groups excluding carboxylic acids is 1. The maximum atomic E-state index is 11.9. The van der Waals surface area contributed by atoms with Crippen LogP contribution in [-0.4, -0.2) is 52.9 Å². The van der Waals surface area contributed by atoms with Crippen molar-refractivity contribution in [3.63, 3.8) is 0 Å².